The summed E-state index contributed by atoms with van der Waals surface area (Å²) >= 11 is 1.64. The smallest absolute Gasteiger partial charge is 0.165 e. The first-order valence-electron chi connectivity index (χ1n) is 8.29. The monoisotopic (exact) mass is 357 g/mol. The molecule has 0 aliphatic carbocycles. The number of hydrogen-bond donors (Lipinski definition) is 2. The third-order valence-corrected chi connectivity index (χ3v) is 5.52. The maximum Gasteiger partial charge on any atom is 0.165 e. The summed E-state index contributed by atoms with van der Waals surface area (Å²) in [6, 6.07) is 16.3. The summed E-state index contributed by atoms with van der Waals surface area (Å²) in [7, 11) is 0. The molecule has 0 amide bonds. The zero-order valence-corrected chi connectivity index (χ0v) is 14.8. The Morgan fingerprint density at radius 2 is 1.54 bits per heavy atom. The number of para-hydroxylation sites is 2. The van der Waals surface area contributed by atoms with E-state index in [1.165, 1.54) is 0 Å². The molecule has 6 heteroatoms. The van der Waals surface area contributed by atoms with Gasteiger partial charge >= 0.3 is 0 Å². The number of aromatic nitrogens is 3. The highest BCUT2D eigenvalue weighted by molar-refractivity contribution is 7.18. The molecule has 2 N–H and O–H groups in total. The number of nitrogens with zero attached hydrogens (tertiary/aromatic N) is 3. The Kier molecular flexibility index (Phi) is 3.43. The molecule has 5 nitrogen and oxygen atoms in total. The predicted octanol–water partition coefficient (Wildman–Crippen LogP) is 5.14. The van der Waals surface area contributed by atoms with Crippen LogP contribution in [0.5, 0.6) is 0 Å². The number of hydrazine groups is 1. The number of nitrogens with one attached hydrogen (secondary N) is 2. The van der Waals surface area contributed by atoms with Crippen molar-refractivity contribution < 1.29 is 0 Å². The highest BCUT2D eigenvalue weighted by Crippen LogP contribution is 2.32. The summed E-state index contributed by atoms with van der Waals surface area (Å²) in [6.45, 7) is 2.06. The van der Waals surface area contributed by atoms with E-state index < -0.39 is 0 Å². The number of fused-ring (bicyclic) bond motifs is 3. The molecule has 5 rings (SSSR count). The first-order valence-corrected chi connectivity index (χ1v) is 9.17. The molecule has 0 aliphatic heterocycles. The fourth-order valence-electron chi connectivity index (χ4n) is 3.15. The van der Waals surface area contributed by atoms with Crippen LogP contribution in [-0.4, -0.2) is 15.0 Å². The lowest BCUT2D eigenvalue weighted by molar-refractivity contribution is 1.20. The fraction of sp³-hybridized carbons (Fsp3) is 0.0500. The van der Waals surface area contributed by atoms with Gasteiger partial charge in [-0.3, -0.25) is 10.9 Å². The van der Waals surface area contributed by atoms with Crippen LogP contribution in [0.2, 0.25) is 0 Å². The van der Waals surface area contributed by atoms with E-state index in [0.29, 0.717) is 0 Å². The maximum atomic E-state index is 4.76. The van der Waals surface area contributed by atoms with Crippen LogP contribution in [0.3, 0.4) is 0 Å². The van der Waals surface area contributed by atoms with E-state index in [1.54, 1.807) is 17.7 Å². The molecule has 0 saturated heterocycles. The molecule has 0 atom stereocenters. The van der Waals surface area contributed by atoms with Gasteiger partial charge in [0.05, 0.1) is 26.9 Å². The molecule has 26 heavy (non-hydrogen) atoms. The molecule has 3 heterocycles. The lowest BCUT2D eigenvalue weighted by Crippen LogP contribution is -2.11. The van der Waals surface area contributed by atoms with Crippen LogP contribution in [0.25, 0.3) is 32.0 Å². The lowest BCUT2D eigenvalue weighted by atomic mass is 10.1. The molecule has 0 unspecified atom stereocenters. The van der Waals surface area contributed by atoms with E-state index in [2.05, 4.69) is 45.3 Å². The minimum atomic E-state index is 0.776. The van der Waals surface area contributed by atoms with Gasteiger partial charge in [-0.25, -0.2) is 15.0 Å². The van der Waals surface area contributed by atoms with Crippen LogP contribution in [0.15, 0.2) is 60.2 Å². The Hall–Kier alpha value is -3.25. The maximum absolute atomic E-state index is 4.76. The van der Waals surface area contributed by atoms with Gasteiger partial charge in [-0.2, -0.15) is 0 Å². The average Bonchev–Trinajstić information content (AvgIpc) is 3.07. The van der Waals surface area contributed by atoms with Gasteiger partial charge in [-0.1, -0.05) is 36.4 Å². The lowest BCUT2D eigenvalue weighted by Gasteiger charge is -2.14. The van der Waals surface area contributed by atoms with Crippen molar-refractivity contribution in [3.63, 3.8) is 0 Å². The number of anilines is 2. The van der Waals surface area contributed by atoms with Gasteiger partial charge < -0.3 is 0 Å². The quantitative estimate of drug-likeness (QED) is 0.346. The minimum absolute atomic E-state index is 0.776. The number of hydrogen-bond acceptors (Lipinski definition) is 6. The standard InChI is InChI=1S/C20H15N5S/c1-12-10-26-19-17(12)21-11-22-20(19)25-24-18-13-6-2-4-8-15(13)23-16-9-5-3-7-14(16)18/h2-11H,1H3,(H,23,24)(H,21,22,25). The summed E-state index contributed by atoms with van der Waals surface area (Å²) in [5, 5.41) is 4.22. The first kappa shape index (κ1) is 15.0. The topological polar surface area (TPSA) is 62.7 Å². The normalized spacial score (nSPS) is 11.3. The van der Waals surface area contributed by atoms with Gasteiger partial charge in [0, 0.05) is 10.8 Å². The molecule has 0 bridgehead atoms. The Balaban J connectivity index is 1.64. The number of aryl methyl sites for hydroxylation is 1. The molecule has 126 valence electrons. The van der Waals surface area contributed by atoms with E-state index in [9.17, 15) is 0 Å². The molecular weight excluding hydrogens is 342 g/mol. The molecule has 5 aromatic rings. The summed E-state index contributed by atoms with van der Waals surface area (Å²) in [5.74, 6) is 0.776. The number of thiophene rings is 1. The largest absolute Gasteiger partial charge is 0.298 e. The second-order valence-corrected chi connectivity index (χ2v) is 6.97. The molecule has 0 spiro atoms. The van der Waals surface area contributed by atoms with Crippen molar-refractivity contribution in [3.05, 3.63) is 65.8 Å². The highest BCUT2D eigenvalue weighted by atomic mass is 32.1. The van der Waals surface area contributed by atoms with E-state index in [0.717, 1.165) is 49.1 Å². The van der Waals surface area contributed by atoms with Crippen LogP contribution in [0.4, 0.5) is 11.5 Å². The van der Waals surface area contributed by atoms with E-state index in [-0.39, 0.29) is 0 Å². The van der Waals surface area contributed by atoms with Gasteiger partial charge in [0.1, 0.15) is 6.33 Å². The van der Waals surface area contributed by atoms with Crippen LogP contribution < -0.4 is 10.9 Å². The van der Waals surface area contributed by atoms with Crippen LogP contribution in [0, 0.1) is 6.92 Å². The van der Waals surface area contributed by atoms with Crippen molar-refractivity contribution in [3.8, 4) is 0 Å². The number of pyridine rings is 1. The van der Waals surface area contributed by atoms with Crippen molar-refractivity contribution >= 4 is 54.9 Å². The zero-order valence-electron chi connectivity index (χ0n) is 14.0. The summed E-state index contributed by atoms with van der Waals surface area (Å²) in [4.78, 5) is 13.5. The minimum Gasteiger partial charge on any atom is -0.298 e. The second-order valence-electron chi connectivity index (χ2n) is 6.09. The van der Waals surface area contributed by atoms with Crippen LogP contribution >= 0.6 is 11.3 Å². The Morgan fingerprint density at radius 3 is 2.27 bits per heavy atom. The zero-order chi connectivity index (χ0) is 17.5. The second kappa shape index (κ2) is 5.93. The first-order chi connectivity index (χ1) is 12.8. The SMILES string of the molecule is Cc1csc2c(NNc3c4ccccc4nc4ccccc34)ncnc12. The predicted molar refractivity (Wildman–Crippen MR) is 109 cm³/mol. The van der Waals surface area contributed by atoms with Crippen molar-refractivity contribution in [1.82, 2.24) is 15.0 Å². The molecule has 3 aromatic heterocycles. The Morgan fingerprint density at radius 1 is 0.846 bits per heavy atom. The van der Waals surface area contributed by atoms with Gasteiger partial charge in [-0.15, -0.1) is 11.3 Å². The summed E-state index contributed by atoms with van der Waals surface area (Å²) in [6.07, 6.45) is 1.59. The van der Waals surface area contributed by atoms with Crippen molar-refractivity contribution in [2.75, 3.05) is 10.9 Å². The van der Waals surface area contributed by atoms with E-state index in [4.69, 9.17) is 4.98 Å². The molecule has 0 saturated carbocycles. The van der Waals surface area contributed by atoms with Gasteiger partial charge in [0.15, 0.2) is 5.82 Å². The molecule has 0 fully saturated rings. The fourth-order valence-corrected chi connectivity index (χ4v) is 4.10. The Bertz CT molecular complexity index is 1210. The van der Waals surface area contributed by atoms with Crippen molar-refractivity contribution in [2.45, 2.75) is 6.92 Å². The highest BCUT2D eigenvalue weighted by Gasteiger charge is 2.11. The van der Waals surface area contributed by atoms with Gasteiger partial charge in [-0.05, 0) is 30.0 Å². The number of rotatable bonds is 3. The van der Waals surface area contributed by atoms with Crippen molar-refractivity contribution in [2.24, 2.45) is 0 Å². The van der Waals surface area contributed by atoms with E-state index >= 15 is 0 Å². The average molecular weight is 357 g/mol. The molecule has 2 aromatic carbocycles. The van der Waals surface area contributed by atoms with Crippen LogP contribution in [-0.2, 0) is 0 Å². The molecule has 0 aliphatic rings. The van der Waals surface area contributed by atoms with Crippen molar-refractivity contribution in [1.29, 1.82) is 0 Å². The molecule has 0 radical (unpaired) electrons. The third kappa shape index (κ3) is 2.34. The summed E-state index contributed by atoms with van der Waals surface area (Å²) < 4.78 is 1.04. The Labute approximate surface area is 153 Å². The summed E-state index contributed by atoms with van der Waals surface area (Å²) in [5.41, 5.74) is 11.7. The van der Waals surface area contributed by atoms with Gasteiger partial charge in [0.2, 0.25) is 0 Å². The number of benzene rings is 2. The van der Waals surface area contributed by atoms with E-state index in [1.807, 2.05) is 36.4 Å². The third-order valence-electron chi connectivity index (χ3n) is 4.42. The van der Waals surface area contributed by atoms with Crippen LogP contribution in [0.1, 0.15) is 5.56 Å². The molecular formula is C20H15N5S. The van der Waals surface area contributed by atoms with Gasteiger partial charge in [0.25, 0.3) is 0 Å².